The molecule has 0 spiro atoms. The summed E-state index contributed by atoms with van der Waals surface area (Å²) in [5.74, 6) is -0.400. The van der Waals surface area contributed by atoms with E-state index in [1.807, 2.05) is 84.9 Å². The number of ketones is 1. The van der Waals surface area contributed by atoms with Gasteiger partial charge >= 0.3 is 5.97 Å². The van der Waals surface area contributed by atoms with Gasteiger partial charge in [-0.25, -0.2) is 0 Å². The molecule has 4 rings (SSSR count). The quantitative estimate of drug-likeness (QED) is 0.231. The van der Waals surface area contributed by atoms with Crippen molar-refractivity contribution in [2.24, 2.45) is 0 Å². The van der Waals surface area contributed by atoms with Crippen molar-refractivity contribution in [1.29, 1.82) is 0 Å². The first-order valence-corrected chi connectivity index (χ1v) is 9.70. The molecule has 3 nitrogen and oxygen atoms in total. The number of carbonyl (C=O) groups is 2. The van der Waals surface area contributed by atoms with Crippen molar-refractivity contribution in [3.05, 3.63) is 114 Å². The fourth-order valence-corrected chi connectivity index (χ4v) is 3.46. The second kappa shape index (κ2) is 8.58. The molecular formula is C27H20O3. The van der Waals surface area contributed by atoms with Crippen LogP contribution in [0, 0.1) is 0 Å². The Morgan fingerprint density at radius 2 is 1.17 bits per heavy atom. The van der Waals surface area contributed by atoms with Crippen LogP contribution in [0.15, 0.2) is 103 Å². The van der Waals surface area contributed by atoms with Crippen molar-refractivity contribution in [3.63, 3.8) is 0 Å². The van der Waals surface area contributed by atoms with Crippen LogP contribution in [-0.4, -0.2) is 11.8 Å². The van der Waals surface area contributed by atoms with Crippen molar-refractivity contribution >= 4 is 11.8 Å². The highest BCUT2D eigenvalue weighted by molar-refractivity contribution is 6.15. The summed E-state index contributed by atoms with van der Waals surface area (Å²) < 4.78 is 5.55. The predicted octanol–water partition coefficient (Wildman–Crippen LogP) is 6.18. The van der Waals surface area contributed by atoms with Gasteiger partial charge in [0.1, 0.15) is 5.75 Å². The fraction of sp³-hybridized carbons (Fsp3) is 0.0370. The summed E-state index contributed by atoms with van der Waals surface area (Å²) in [6.45, 7) is 1.34. The first kappa shape index (κ1) is 19.3. The van der Waals surface area contributed by atoms with Gasteiger partial charge in [-0.05, 0) is 34.4 Å². The zero-order valence-corrected chi connectivity index (χ0v) is 16.5. The second-order valence-corrected chi connectivity index (χ2v) is 6.92. The third-order valence-corrected chi connectivity index (χ3v) is 4.81. The summed E-state index contributed by atoms with van der Waals surface area (Å²) in [7, 11) is 0. The van der Waals surface area contributed by atoms with E-state index >= 15 is 0 Å². The van der Waals surface area contributed by atoms with E-state index in [1.165, 1.54) is 6.92 Å². The summed E-state index contributed by atoms with van der Waals surface area (Å²) in [6, 6.07) is 32.3. The highest BCUT2D eigenvalue weighted by atomic mass is 16.5. The first-order valence-electron chi connectivity index (χ1n) is 9.70. The Bertz CT molecular complexity index is 1180. The minimum absolute atomic E-state index is 0.190. The lowest BCUT2D eigenvalue weighted by Gasteiger charge is -2.17. The smallest absolute Gasteiger partial charge is 0.308 e. The van der Waals surface area contributed by atoms with Gasteiger partial charge in [-0.3, -0.25) is 9.59 Å². The molecule has 0 aliphatic heterocycles. The molecule has 0 unspecified atom stereocenters. The summed E-state index contributed by atoms with van der Waals surface area (Å²) in [5.41, 5.74) is 4.36. The Hall–Kier alpha value is -3.98. The molecule has 3 heteroatoms. The Labute approximate surface area is 175 Å². The van der Waals surface area contributed by atoms with Crippen LogP contribution in [-0.2, 0) is 4.79 Å². The Kier molecular flexibility index (Phi) is 5.53. The van der Waals surface area contributed by atoms with E-state index in [0.717, 1.165) is 22.3 Å². The SMILES string of the molecule is CC(=O)Oc1cc(-c2ccccc2)cc(-c2ccccc2)c1C(=O)c1ccccc1. The van der Waals surface area contributed by atoms with Crippen molar-refractivity contribution in [3.8, 4) is 28.0 Å². The highest BCUT2D eigenvalue weighted by Gasteiger charge is 2.23. The molecule has 0 aliphatic carbocycles. The van der Waals surface area contributed by atoms with Gasteiger partial charge in [0.25, 0.3) is 0 Å². The molecule has 0 aliphatic rings. The van der Waals surface area contributed by atoms with E-state index in [4.69, 9.17) is 4.74 Å². The molecule has 4 aromatic rings. The van der Waals surface area contributed by atoms with Gasteiger partial charge in [0.15, 0.2) is 5.78 Å². The Balaban J connectivity index is 2.00. The van der Waals surface area contributed by atoms with Gasteiger partial charge < -0.3 is 4.74 Å². The number of carbonyl (C=O) groups excluding carboxylic acids is 2. The van der Waals surface area contributed by atoms with Crippen LogP contribution in [0.2, 0.25) is 0 Å². The van der Waals surface area contributed by atoms with E-state index in [9.17, 15) is 9.59 Å². The molecule has 0 fully saturated rings. The number of esters is 1. The van der Waals surface area contributed by atoms with Gasteiger partial charge in [-0.1, -0.05) is 91.0 Å². The standard InChI is InChI=1S/C27H20O3/c1-19(28)30-25-18-23(20-11-5-2-6-12-20)17-24(21-13-7-3-8-14-21)26(25)27(29)22-15-9-4-10-16-22/h2-18H,1H3. The lowest BCUT2D eigenvalue weighted by atomic mass is 9.89. The van der Waals surface area contributed by atoms with Crippen molar-refractivity contribution in [1.82, 2.24) is 0 Å². The highest BCUT2D eigenvalue weighted by Crippen LogP contribution is 2.38. The third-order valence-electron chi connectivity index (χ3n) is 4.81. The maximum absolute atomic E-state index is 13.5. The first-order chi connectivity index (χ1) is 14.6. The Morgan fingerprint density at radius 3 is 1.73 bits per heavy atom. The minimum Gasteiger partial charge on any atom is -0.426 e. The second-order valence-electron chi connectivity index (χ2n) is 6.92. The molecule has 0 aromatic heterocycles. The van der Waals surface area contributed by atoms with Crippen LogP contribution in [0.3, 0.4) is 0 Å². The largest absolute Gasteiger partial charge is 0.426 e. The van der Waals surface area contributed by atoms with Crippen molar-refractivity contribution in [2.45, 2.75) is 6.92 Å². The summed E-state index contributed by atoms with van der Waals surface area (Å²) in [4.78, 5) is 25.4. The summed E-state index contributed by atoms with van der Waals surface area (Å²) in [6.07, 6.45) is 0. The predicted molar refractivity (Wildman–Crippen MR) is 118 cm³/mol. The van der Waals surface area contributed by atoms with Crippen LogP contribution in [0.1, 0.15) is 22.8 Å². The molecule has 146 valence electrons. The molecule has 0 atom stereocenters. The van der Waals surface area contributed by atoms with E-state index in [-0.39, 0.29) is 11.5 Å². The van der Waals surface area contributed by atoms with E-state index in [1.54, 1.807) is 18.2 Å². The average Bonchev–Trinajstić information content (AvgIpc) is 2.79. The zero-order chi connectivity index (χ0) is 20.9. The normalized spacial score (nSPS) is 10.4. The lowest BCUT2D eigenvalue weighted by molar-refractivity contribution is -0.131. The maximum atomic E-state index is 13.5. The summed E-state index contributed by atoms with van der Waals surface area (Å²) >= 11 is 0. The molecule has 0 heterocycles. The molecule has 0 saturated heterocycles. The lowest BCUT2D eigenvalue weighted by Crippen LogP contribution is -2.11. The van der Waals surface area contributed by atoms with Crippen LogP contribution in [0.4, 0.5) is 0 Å². The maximum Gasteiger partial charge on any atom is 0.308 e. The van der Waals surface area contributed by atoms with Crippen LogP contribution >= 0.6 is 0 Å². The topological polar surface area (TPSA) is 43.4 Å². The molecule has 0 amide bonds. The molecule has 0 radical (unpaired) electrons. The van der Waals surface area contributed by atoms with Gasteiger partial charge in [-0.2, -0.15) is 0 Å². The molecule has 4 aromatic carbocycles. The number of ether oxygens (including phenoxy) is 1. The monoisotopic (exact) mass is 392 g/mol. The zero-order valence-electron chi connectivity index (χ0n) is 16.5. The number of hydrogen-bond donors (Lipinski definition) is 0. The van der Waals surface area contributed by atoms with Crippen LogP contribution < -0.4 is 4.74 Å². The summed E-state index contributed by atoms with van der Waals surface area (Å²) in [5, 5.41) is 0. The number of rotatable bonds is 5. The third kappa shape index (κ3) is 4.06. The van der Waals surface area contributed by atoms with E-state index < -0.39 is 5.97 Å². The fourth-order valence-electron chi connectivity index (χ4n) is 3.46. The van der Waals surface area contributed by atoms with Crippen LogP contribution in [0.25, 0.3) is 22.3 Å². The number of benzene rings is 4. The molecule has 0 N–H and O–H groups in total. The molecule has 0 bridgehead atoms. The van der Waals surface area contributed by atoms with Crippen LogP contribution in [0.5, 0.6) is 5.75 Å². The molecule has 0 saturated carbocycles. The van der Waals surface area contributed by atoms with Gasteiger partial charge in [0, 0.05) is 12.5 Å². The van der Waals surface area contributed by atoms with E-state index in [2.05, 4.69) is 0 Å². The Morgan fingerprint density at radius 1 is 0.633 bits per heavy atom. The average molecular weight is 392 g/mol. The van der Waals surface area contributed by atoms with Gasteiger partial charge in [-0.15, -0.1) is 0 Å². The van der Waals surface area contributed by atoms with Gasteiger partial charge in [0.05, 0.1) is 5.56 Å². The molecular weight excluding hydrogens is 372 g/mol. The number of hydrogen-bond acceptors (Lipinski definition) is 3. The van der Waals surface area contributed by atoms with Crippen molar-refractivity contribution < 1.29 is 14.3 Å². The molecule has 30 heavy (non-hydrogen) atoms. The van der Waals surface area contributed by atoms with E-state index in [0.29, 0.717) is 11.1 Å². The van der Waals surface area contributed by atoms with Crippen molar-refractivity contribution in [2.75, 3.05) is 0 Å². The van der Waals surface area contributed by atoms with Gasteiger partial charge in [0.2, 0.25) is 0 Å². The minimum atomic E-state index is -0.471.